The minimum absolute atomic E-state index is 0.134. The van der Waals surface area contributed by atoms with Crippen molar-refractivity contribution in [3.63, 3.8) is 0 Å². The predicted octanol–water partition coefficient (Wildman–Crippen LogP) is 1.06. The van der Waals surface area contributed by atoms with Gasteiger partial charge in [0.2, 0.25) is 5.95 Å². The summed E-state index contributed by atoms with van der Waals surface area (Å²) in [6.45, 7) is 2.17. The quantitative estimate of drug-likeness (QED) is 0.635. The van der Waals surface area contributed by atoms with Gasteiger partial charge in [-0.05, 0) is 24.6 Å². The summed E-state index contributed by atoms with van der Waals surface area (Å²) in [5, 5.41) is 5.97. The summed E-state index contributed by atoms with van der Waals surface area (Å²) in [7, 11) is 2.89. The predicted molar refractivity (Wildman–Crippen MR) is 94.4 cm³/mol. The van der Waals surface area contributed by atoms with E-state index < -0.39 is 5.97 Å². The largest absolute Gasteiger partial charge is 0.497 e. The van der Waals surface area contributed by atoms with Crippen molar-refractivity contribution in [2.24, 2.45) is 0 Å². The molecule has 0 amide bonds. The summed E-state index contributed by atoms with van der Waals surface area (Å²) >= 11 is 0. The highest BCUT2D eigenvalue weighted by Crippen LogP contribution is 2.12. The van der Waals surface area contributed by atoms with Crippen LogP contribution in [0.5, 0.6) is 5.75 Å². The average molecular weight is 357 g/mol. The molecule has 0 saturated heterocycles. The molecule has 3 rings (SSSR count). The summed E-state index contributed by atoms with van der Waals surface area (Å²) < 4.78 is 11.0. The monoisotopic (exact) mass is 357 g/mol. The Morgan fingerprint density at radius 3 is 2.62 bits per heavy atom. The molecule has 9 nitrogen and oxygen atoms in total. The van der Waals surface area contributed by atoms with Gasteiger partial charge in [-0.2, -0.15) is 9.50 Å². The van der Waals surface area contributed by atoms with Crippen molar-refractivity contribution in [1.29, 1.82) is 0 Å². The van der Waals surface area contributed by atoms with E-state index in [2.05, 4.69) is 25.1 Å². The third-order valence-corrected chi connectivity index (χ3v) is 3.96. The number of nitrogens with zero attached hydrogens (tertiary/aromatic N) is 3. The molecule has 2 aromatic heterocycles. The number of hydrogen-bond acceptors (Lipinski definition) is 7. The highest BCUT2D eigenvalue weighted by Gasteiger charge is 2.16. The number of hydrogen-bond donors (Lipinski definition) is 2. The van der Waals surface area contributed by atoms with Crippen LogP contribution in [0.15, 0.2) is 29.1 Å². The number of carbonyl (C=O) groups excluding carboxylic acids is 1. The maximum atomic E-state index is 12.6. The van der Waals surface area contributed by atoms with E-state index in [1.165, 1.54) is 11.6 Å². The summed E-state index contributed by atoms with van der Waals surface area (Å²) in [6.07, 6.45) is -0.134. The fourth-order valence-corrected chi connectivity index (χ4v) is 2.48. The van der Waals surface area contributed by atoms with Crippen LogP contribution in [-0.2, 0) is 22.5 Å². The van der Waals surface area contributed by atoms with E-state index in [-0.39, 0.29) is 23.3 Å². The first-order valence-corrected chi connectivity index (χ1v) is 7.93. The van der Waals surface area contributed by atoms with Crippen molar-refractivity contribution in [3.05, 3.63) is 51.4 Å². The van der Waals surface area contributed by atoms with E-state index in [4.69, 9.17) is 4.74 Å². The van der Waals surface area contributed by atoms with Gasteiger partial charge in [0.15, 0.2) is 0 Å². The number of esters is 1. The molecule has 0 bridgehead atoms. The van der Waals surface area contributed by atoms with Crippen LogP contribution < -0.4 is 15.6 Å². The van der Waals surface area contributed by atoms with Gasteiger partial charge in [-0.25, -0.2) is 4.98 Å². The summed E-state index contributed by atoms with van der Waals surface area (Å²) in [5.41, 5.74) is 1.38. The van der Waals surface area contributed by atoms with Gasteiger partial charge >= 0.3 is 5.97 Å². The summed E-state index contributed by atoms with van der Waals surface area (Å²) in [4.78, 5) is 32.6. The Kier molecular flexibility index (Phi) is 4.87. The van der Waals surface area contributed by atoms with E-state index in [0.717, 1.165) is 11.3 Å². The maximum Gasteiger partial charge on any atom is 0.310 e. The highest BCUT2D eigenvalue weighted by atomic mass is 16.5. The minimum atomic E-state index is -0.496. The number of aromatic amines is 1. The first-order chi connectivity index (χ1) is 12.5. The molecule has 0 radical (unpaired) electrons. The number of rotatable bonds is 6. The second-order valence-electron chi connectivity index (χ2n) is 5.64. The Morgan fingerprint density at radius 1 is 1.23 bits per heavy atom. The number of aryl methyl sites for hydroxylation is 1. The molecule has 0 spiro atoms. The molecule has 26 heavy (non-hydrogen) atoms. The summed E-state index contributed by atoms with van der Waals surface area (Å²) in [6, 6.07) is 7.59. The molecule has 2 heterocycles. The molecular weight excluding hydrogens is 338 g/mol. The van der Waals surface area contributed by atoms with Crippen molar-refractivity contribution >= 4 is 17.7 Å². The molecule has 0 aliphatic carbocycles. The standard InChI is InChI=1S/C17H19N5O4/c1-10-13(8-14(23)26-3)15(24)22-17(19-10)20-16(21-22)18-9-11-4-6-12(25-2)7-5-11/h4-7H,8-9H2,1-3H3,(H2,18,19,20,21). The normalized spacial score (nSPS) is 10.7. The maximum absolute atomic E-state index is 12.6. The first-order valence-electron chi connectivity index (χ1n) is 7.93. The van der Waals surface area contributed by atoms with E-state index in [9.17, 15) is 9.59 Å². The van der Waals surface area contributed by atoms with Crippen LogP contribution in [0.1, 0.15) is 16.8 Å². The van der Waals surface area contributed by atoms with Crippen LogP contribution in [-0.4, -0.2) is 39.8 Å². The smallest absolute Gasteiger partial charge is 0.310 e. The molecule has 0 aliphatic heterocycles. The number of benzene rings is 1. The number of anilines is 1. The third-order valence-electron chi connectivity index (χ3n) is 3.96. The molecule has 136 valence electrons. The lowest BCUT2D eigenvalue weighted by Gasteiger charge is -2.04. The second kappa shape index (κ2) is 7.26. The number of fused-ring (bicyclic) bond motifs is 1. The van der Waals surface area contributed by atoms with E-state index >= 15 is 0 Å². The van der Waals surface area contributed by atoms with Crippen LogP contribution in [0.2, 0.25) is 0 Å². The van der Waals surface area contributed by atoms with Gasteiger partial charge in [-0.15, -0.1) is 0 Å². The average Bonchev–Trinajstić information content (AvgIpc) is 3.06. The van der Waals surface area contributed by atoms with Crippen LogP contribution in [0.25, 0.3) is 5.78 Å². The number of methoxy groups -OCH3 is 2. The van der Waals surface area contributed by atoms with Gasteiger partial charge in [0.1, 0.15) is 5.75 Å². The van der Waals surface area contributed by atoms with Crippen LogP contribution in [0.3, 0.4) is 0 Å². The number of aromatic nitrogens is 4. The van der Waals surface area contributed by atoms with Gasteiger partial charge in [-0.3, -0.25) is 14.7 Å². The second-order valence-corrected chi connectivity index (χ2v) is 5.64. The van der Waals surface area contributed by atoms with Crippen LogP contribution in [0.4, 0.5) is 5.95 Å². The lowest BCUT2D eigenvalue weighted by molar-refractivity contribution is -0.139. The van der Waals surface area contributed by atoms with E-state index in [1.54, 1.807) is 14.0 Å². The van der Waals surface area contributed by atoms with E-state index in [0.29, 0.717) is 18.2 Å². The first kappa shape index (κ1) is 17.5. The van der Waals surface area contributed by atoms with Gasteiger partial charge in [0.05, 0.1) is 31.9 Å². The number of nitrogens with one attached hydrogen (secondary N) is 2. The molecule has 3 aromatic rings. The number of H-pyrrole nitrogens is 1. The SMILES string of the molecule is COC(=O)Cc1c(C)nc2nc(NCc3ccc(OC)cc3)[nH]n2c1=O. The Bertz CT molecular complexity index is 991. The van der Waals surface area contributed by atoms with Crippen LogP contribution >= 0.6 is 0 Å². The van der Waals surface area contributed by atoms with Crippen molar-refractivity contribution in [2.45, 2.75) is 19.9 Å². The Hall–Kier alpha value is -3.36. The zero-order valence-corrected chi connectivity index (χ0v) is 14.7. The van der Waals surface area contributed by atoms with Gasteiger partial charge in [0.25, 0.3) is 11.3 Å². The lowest BCUT2D eigenvalue weighted by Crippen LogP contribution is -2.24. The summed E-state index contributed by atoms with van der Waals surface area (Å²) in [5.74, 6) is 0.921. The molecule has 0 aliphatic rings. The lowest BCUT2D eigenvalue weighted by atomic mass is 10.2. The van der Waals surface area contributed by atoms with E-state index in [1.807, 2.05) is 24.3 Å². The molecule has 9 heteroatoms. The van der Waals surface area contributed by atoms with Gasteiger partial charge in [0, 0.05) is 6.54 Å². The highest BCUT2D eigenvalue weighted by molar-refractivity contribution is 5.72. The molecule has 1 aromatic carbocycles. The number of ether oxygens (including phenoxy) is 2. The topological polar surface area (TPSA) is 111 Å². The minimum Gasteiger partial charge on any atom is -0.497 e. The third kappa shape index (κ3) is 3.51. The van der Waals surface area contributed by atoms with Crippen molar-refractivity contribution in [2.75, 3.05) is 19.5 Å². The molecule has 0 fully saturated rings. The van der Waals surface area contributed by atoms with Crippen molar-refractivity contribution in [3.8, 4) is 5.75 Å². The Balaban J connectivity index is 1.83. The zero-order chi connectivity index (χ0) is 18.7. The molecule has 2 N–H and O–H groups in total. The fourth-order valence-electron chi connectivity index (χ4n) is 2.48. The Morgan fingerprint density at radius 2 is 1.96 bits per heavy atom. The van der Waals surface area contributed by atoms with Gasteiger partial charge < -0.3 is 14.8 Å². The van der Waals surface area contributed by atoms with Crippen molar-refractivity contribution in [1.82, 2.24) is 19.6 Å². The van der Waals surface area contributed by atoms with Crippen LogP contribution in [0, 0.1) is 6.92 Å². The van der Waals surface area contributed by atoms with Crippen molar-refractivity contribution < 1.29 is 14.3 Å². The molecule has 0 unspecified atom stereocenters. The number of carbonyl (C=O) groups is 1. The molecular formula is C17H19N5O4. The molecule has 0 saturated carbocycles. The molecule has 0 atom stereocenters. The van der Waals surface area contributed by atoms with Gasteiger partial charge in [-0.1, -0.05) is 12.1 Å². The fraction of sp³-hybridized carbons (Fsp3) is 0.294. The Labute approximate surface area is 149 Å². The zero-order valence-electron chi connectivity index (χ0n) is 14.7.